The van der Waals surface area contributed by atoms with Crippen LogP contribution in [-0.2, 0) is 9.84 Å². The zero-order valence-corrected chi connectivity index (χ0v) is 12.7. The van der Waals surface area contributed by atoms with E-state index in [0.717, 1.165) is 5.56 Å². The summed E-state index contributed by atoms with van der Waals surface area (Å²) in [6.45, 7) is 3.37. The summed E-state index contributed by atoms with van der Waals surface area (Å²) in [5, 5.41) is 0. The van der Waals surface area contributed by atoms with E-state index >= 15 is 0 Å². The summed E-state index contributed by atoms with van der Waals surface area (Å²) < 4.78 is 22.7. The monoisotopic (exact) mass is 281 g/mol. The first-order chi connectivity index (χ1) is 8.73. The number of hydrogen-bond acceptors (Lipinski definition) is 3. The van der Waals surface area contributed by atoms with Crippen molar-refractivity contribution in [2.45, 2.75) is 49.8 Å². The van der Waals surface area contributed by atoms with Crippen molar-refractivity contribution in [3.8, 4) is 0 Å². The lowest BCUT2D eigenvalue weighted by Gasteiger charge is -2.31. The minimum atomic E-state index is -3.19. The van der Waals surface area contributed by atoms with Gasteiger partial charge in [-0.2, -0.15) is 0 Å². The first-order valence-electron chi connectivity index (χ1n) is 6.78. The van der Waals surface area contributed by atoms with Crippen LogP contribution in [-0.4, -0.2) is 19.4 Å². The minimum absolute atomic E-state index is 0.502. The third-order valence-corrected chi connectivity index (χ3v) is 6.74. The number of sulfone groups is 1. The molecule has 0 bridgehead atoms. The molecule has 1 aromatic rings. The maximum absolute atomic E-state index is 11.8. The number of nitrogens with two attached hydrogens (primary N) is 1. The van der Waals surface area contributed by atoms with Crippen LogP contribution in [0.2, 0.25) is 0 Å². The Morgan fingerprint density at radius 1 is 1.21 bits per heavy atom. The van der Waals surface area contributed by atoms with E-state index in [-0.39, 0.29) is 0 Å². The molecule has 2 N–H and O–H groups in total. The summed E-state index contributed by atoms with van der Waals surface area (Å²) in [5.41, 5.74) is 8.39. The molecule has 0 amide bonds. The smallest absolute Gasteiger partial charge is 0.154 e. The first-order valence-corrected chi connectivity index (χ1v) is 8.67. The zero-order valence-electron chi connectivity index (χ0n) is 11.9. The Hall–Kier alpha value is -0.870. The van der Waals surface area contributed by atoms with Gasteiger partial charge in [-0.3, -0.25) is 0 Å². The fraction of sp³-hybridized carbons (Fsp3) is 0.600. The summed E-state index contributed by atoms with van der Waals surface area (Å²) in [4.78, 5) is 0. The highest BCUT2D eigenvalue weighted by Crippen LogP contribution is 2.37. The second-order valence-electron chi connectivity index (χ2n) is 6.15. The Balaban J connectivity index is 2.22. The third-order valence-electron chi connectivity index (χ3n) is 4.58. The zero-order chi connectivity index (χ0) is 14.3. The lowest BCUT2D eigenvalue weighted by molar-refractivity contribution is 0.419. The van der Waals surface area contributed by atoms with Gasteiger partial charge in [0.2, 0.25) is 0 Å². The fourth-order valence-corrected chi connectivity index (χ4v) is 2.95. The SMILES string of the molecule is CC(C)(C(N)c1ccc(C2CCC2)cc1)S(C)(=O)=O. The standard InChI is InChI=1S/C15H23NO2S/c1-15(2,19(3,17)18)14(16)13-9-7-12(8-10-13)11-5-4-6-11/h7-11,14H,4-6,16H2,1-3H3. The van der Waals surface area contributed by atoms with Crippen molar-refractivity contribution in [3.63, 3.8) is 0 Å². The van der Waals surface area contributed by atoms with Crippen molar-refractivity contribution >= 4 is 9.84 Å². The molecule has 1 saturated carbocycles. The molecule has 1 atom stereocenters. The Morgan fingerprint density at radius 2 is 1.74 bits per heavy atom. The van der Waals surface area contributed by atoms with Crippen molar-refractivity contribution in [2.24, 2.45) is 5.73 Å². The molecule has 1 aliphatic rings. The highest BCUT2D eigenvalue weighted by Gasteiger charge is 2.37. The summed E-state index contributed by atoms with van der Waals surface area (Å²) >= 11 is 0. The van der Waals surface area contributed by atoms with E-state index in [2.05, 4.69) is 12.1 Å². The Labute approximate surface area is 116 Å². The summed E-state index contributed by atoms with van der Waals surface area (Å²) in [7, 11) is -3.19. The topological polar surface area (TPSA) is 60.2 Å². The van der Waals surface area contributed by atoms with Crippen molar-refractivity contribution in [1.82, 2.24) is 0 Å². The van der Waals surface area contributed by atoms with Gasteiger partial charge in [0.25, 0.3) is 0 Å². The maximum atomic E-state index is 11.8. The van der Waals surface area contributed by atoms with Gasteiger partial charge in [0.05, 0.1) is 4.75 Å². The van der Waals surface area contributed by atoms with Crippen LogP contribution in [0.15, 0.2) is 24.3 Å². The molecule has 0 aromatic heterocycles. The van der Waals surface area contributed by atoms with Crippen molar-refractivity contribution < 1.29 is 8.42 Å². The highest BCUT2D eigenvalue weighted by molar-refractivity contribution is 7.92. The molecule has 2 rings (SSSR count). The molecular formula is C15H23NO2S. The summed E-state index contributed by atoms with van der Waals surface area (Å²) in [6.07, 6.45) is 5.09. The summed E-state index contributed by atoms with van der Waals surface area (Å²) in [5.74, 6) is 0.688. The van der Waals surface area contributed by atoms with Gasteiger partial charge in [-0.25, -0.2) is 8.42 Å². The number of hydrogen-bond donors (Lipinski definition) is 1. The Kier molecular flexibility index (Phi) is 3.76. The van der Waals surface area contributed by atoms with Gasteiger partial charge in [0.1, 0.15) is 0 Å². The Morgan fingerprint density at radius 3 is 2.11 bits per heavy atom. The van der Waals surface area contributed by atoms with Crippen LogP contribution in [0.25, 0.3) is 0 Å². The van der Waals surface area contributed by atoms with Gasteiger partial charge < -0.3 is 5.73 Å². The van der Waals surface area contributed by atoms with Crippen LogP contribution in [0.3, 0.4) is 0 Å². The summed E-state index contributed by atoms with van der Waals surface area (Å²) in [6, 6.07) is 7.64. The van der Waals surface area contributed by atoms with Gasteiger partial charge in [0.15, 0.2) is 9.84 Å². The molecule has 0 spiro atoms. The van der Waals surface area contributed by atoms with E-state index in [1.165, 1.54) is 31.1 Å². The van der Waals surface area contributed by atoms with E-state index in [0.29, 0.717) is 5.92 Å². The third kappa shape index (κ3) is 2.70. The van der Waals surface area contributed by atoms with E-state index in [1.807, 2.05) is 12.1 Å². The van der Waals surface area contributed by atoms with E-state index in [4.69, 9.17) is 5.73 Å². The second-order valence-corrected chi connectivity index (χ2v) is 8.74. The van der Waals surface area contributed by atoms with Crippen LogP contribution in [0.4, 0.5) is 0 Å². The normalized spacial score (nSPS) is 18.9. The average molecular weight is 281 g/mol. The second kappa shape index (κ2) is 4.91. The lowest BCUT2D eigenvalue weighted by Crippen LogP contribution is -2.42. The van der Waals surface area contributed by atoms with Crippen LogP contribution in [0.1, 0.15) is 56.2 Å². The number of benzene rings is 1. The molecule has 4 heteroatoms. The van der Waals surface area contributed by atoms with Crippen molar-refractivity contribution in [1.29, 1.82) is 0 Å². The molecule has 0 radical (unpaired) electrons. The van der Waals surface area contributed by atoms with E-state index in [9.17, 15) is 8.42 Å². The van der Waals surface area contributed by atoms with Gasteiger partial charge in [-0.1, -0.05) is 30.7 Å². The van der Waals surface area contributed by atoms with Gasteiger partial charge in [-0.05, 0) is 43.7 Å². The van der Waals surface area contributed by atoms with Crippen LogP contribution in [0, 0.1) is 0 Å². The molecule has 1 aliphatic carbocycles. The first kappa shape index (κ1) is 14.5. The lowest BCUT2D eigenvalue weighted by atomic mass is 9.79. The van der Waals surface area contributed by atoms with Crippen LogP contribution >= 0.6 is 0 Å². The molecule has 1 unspecified atom stereocenters. The van der Waals surface area contributed by atoms with Gasteiger partial charge >= 0.3 is 0 Å². The molecule has 0 heterocycles. The predicted octanol–water partition coefficient (Wildman–Crippen LogP) is 2.78. The fourth-order valence-electron chi connectivity index (χ4n) is 2.35. The van der Waals surface area contributed by atoms with Gasteiger partial charge in [0, 0.05) is 12.3 Å². The van der Waals surface area contributed by atoms with Crippen molar-refractivity contribution in [3.05, 3.63) is 35.4 Å². The molecule has 106 valence electrons. The minimum Gasteiger partial charge on any atom is -0.323 e. The van der Waals surface area contributed by atoms with Crippen molar-refractivity contribution in [2.75, 3.05) is 6.26 Å². The van der Waals surface area contributed by atoms with E-state index < -0.39 is 20.6 Å². The molecule has 19 heavy (non-hydrogen) atoms. The van der Waals surface area contributed by atoms with Crippen LogP contribution < -0.4 is 5.73 Å². The maximum Gasteiger partial charge on any atom is 0.154 e. The molecule has 0 saturated heterocycles. The number of rotatable bonds is 4. The molecule has 0 aliphatic heterocycles. The molecular weight excluding hydrogens is 258 g/mol. The molecule has 1 aromatic carbocycles. The van der Waals surface area contributed by atoms with Gasteiger partial charge in [-0.15, -0.1) is 0 Å². The van der Waals surface area contributed by atoms with Crippen LogP contribution in [0.5, 0.6) is 0 Å². The molecule has 3 nitrogen and oxygen atoms in total. The predicted molar refractivity (Wildman–Crippen MR) is 78.9 cm³/mol. The highest BCUT2D eigenvalue weighted by atomic mass is 32.2. The molecule has 1 fully saturated rings. The average Bonchev–Trinajstić information content (AvgIpc) is 2.25. The van der Waals surface area contributed by atoms with E-state index in [1.54, 1.807) is 13.8 Å². The Bertz CT molecular complexity index is 542. The largest absolute Gasteiger partial charge is 0.323 e. The quantitative estimate of drug-likeness (QED) is 0.923.